The van der Waals surface area contributed by atoms with Crippen molar-refractivity contribution in [1.29, 1.82) is 0 Å². The number of carbonyl (C=O) groups excluding carboxylic acids is 1. The number of benzene rings is 1. The highest BCUT2D eigenvalue weighted by molar-refractivity contribution is 9.10. The van der Waals surface area contributed by atoms with Gasteiger partial charge in [0, 0.05) is 30.3 Å². The van der Waals surface area contributed by atoms with E-state index in [2.05, 4.69) is 26.2 Å². The van der Waals surface area contributed by atoms with Gasteiger partial charge in [-0.05, 0) is 21.5 Å². The number of rotatable bonds is 5. The first-order valence-corrected chi connectivity index (χ1v) is 9.37. The van der Waals surface area contributed by atoms with E-state index >= 15 is 0 Å². The summed E-state index contributed by atoms with van der Waals surface area (Å²) < 4.78 is 8.25. The molecule has 0 saturated heterocycles. The zero-order valence-electron chi connectivity index (χ0n) is 13.1. The third-order valence-electron chi connectivity index (χ3n) is 3.86. The van der Waals surface area contributed by atoms with Crippen LogP contribution in [0.15, 0.2) is 63.1 Å². The molecule has 0 aliphatic heterocycles. The number of furan rings is 1. The largest absolute Gasteiger partial charge is 0.448 e. The van der Waals surface area contributed by atoms with Crippen LogP contribution in [0.4, 0.5) is 0 Å². The molecule has 0 aliphatic carbocycles. The summed E-state index contributed by atoms with van der Waals surface area (Å²) in [4.78, 5) is 16.9. The van der Waals surface area contributed by atoms with Crippen LogP contribution in [0.25, 0.3) is 11.1 Å². The zero-order chi connectivity index (χ0) is 17.2. The number of halogens is 1. The Hall–Kier alpha value is -2.38. The van der Waals surface area contributed by atoms with Crippen LogP contribution in [0.1, 0.15) is 21.1 Å². The molecular formula is C18H14BrN3O2S. The minimum absolute atomic E-state index is 0.145. The van der Waals surface area contributed by atoms with Gasteiger partial charge in [0.25, 0.3) is 5.91 Å². The fraction of sp³-hybridized carbons (Fsp3) is 0.111. The highest BCUT2D eigenvalue weighted by atomic mass is 79.9. The molecule has 3 heterocycles. The number of nitrogens with one attached hydrogen (secondary N) is 1. The summed E-state index contributed by atoms with van der Waals surface area (Å²) in [5.41, 5.74) is 3.25. The maximum absolute atomic E-state index is 12.7. The summed E-state index contributed by atoms with van der Waals surface area (Å²) in [7, 11) is 0. The van der Waals surface area contributed by atoms with Crippen LogP contribution in [0.5, 0.6) is 0 Å². The lowest BCUT2D eigenvalue weighted by atomic mass is 10.2. The lowest BCUT2D eigenvalue weighted by Crippen LogP contribution is -2.25. The van der Waals surface area contributed by atoms with Crippen molar-refractivity contribution in [2.24, 2.45) is 0 Å². The van der Waals surface area contributed by atoms with Gasteiger partial charge in [0.05, 0.1) is 12.1 Å². The third kappa shape index (κ3) is 3.38. The normalized spacial score (nSPS) is 11.1. The van der Waals surface area contributed by atoms with Gasteiger partial charge in [-0.3, -0.25) is 4.79 Å². The van der Waals surface area contributed by atoms with Gasteiger partial charge in [0.1, 0.15) is 10.7 Å². The summed E-state index contributed by atoms with van der Waals surface area (Å²) in [6, 6.07) is 13.7. The number of hydrogen-bond acceptors (Lipinski definition) is 4. The Bertz CT molecular complexity index is 1010. The van der Waals surface area contributed by atoms with E-state index < -0.39 is 0 Å². The van der Waals surface area contributed by atoms with Gasteiger partial charge in [0.2, 0.25) is 0 Å². The fourth-order valence-electron chi connectivity index (χ4n) is 2.72. The second-order valence-electron chi connectivity index (χ2n) is 5.51. The Kier molecular flexibility index (Phi) is 4.42. The van der Waals surface area contributed by atoms with E-state index in [1.807, 2.05) is 46.3 Å². The number of amides is 1. The standard InChI is InChI=1S/C18H14BrN3O2S/c19-16-9-13-15(24-16)8-14(18(23)21-10-17-20-6-7-25-17)22(13)11-12-4-2-1-3-5-12/h1-9H,10-11H2,(H,21,23). The molecule has 1 aromatic carbocycles. The van der Waals surface area contributed by atoms with E-state index in [1.54, 1.807) is 12.3 Å². The van der Waals surface area contributed by atoms with E-state index in [4.69, 9.17) is 4.42 Å². The molecule has 4 rings (SSSR count). The molecule has 0 saturated carbocycles. The molecule has 0 unspecified atom stereocenters. The maximum atomic E-state index is 12.7. The monoisotopic (exact) mass is 415 g/mol. The first-order chi connectivity index (χ1) is 12.2. The SMILES string of the molecule is O=C(NCc1nccs1)c1cc2oc(Br)cc2n1Cc1ccccc1. The fourth-order valence-corrected chi connectivity index (χ4v) is 3.67. The molecule has 0 fully saturated rings. The van der Waals surface area contributed by atoms with Gasteiger partial charge in [0.15, 0.2) is 10.3 Å². The number of aromatic nitrogens is 2. The van der Waals surface area contributed by atoms with Crippen LogP contribution >= 0.6 is 27.3 Å². The van der Waals surface area contributed by atoms with Crippen LogP contribution in [-0.2, 0) is 13.1 Å². The number of carbonyl (C=O) groups is 1. The first kappa shape index (κ1) is 16.1. The van der Waals surface area contributed by atoms with Gasteiger partial charge in [-0.25, -0.2) is 4.98 Å². The lowest BCUT2D eigenvalue weighted by molar-refractivity contribution is 0.0942. The number of thiazole rings is 1. The van der Waals surface area contributed by atoms with E-state index in [1.165, 1.54) is 11.3 Å². The quantitative estimate of drug-likeness (QED) is 0.524. The van der Waals surface area contributed by atoms with Crippen LogP contribution in [0.2, 0.25) is 0 Å². The Morgan fingerprint density at radius 3 is 2.88 bits per heavy atom. The van der Waals surface area contributed by atoms with E-state index in [0.717, 1.165) is 16.1 Å². The van der Waals surface area contributed by atoms with Crippen LogP contribution < -0.4 is 5.32 Å². The molecule has 1 amide bonds. The van der Waals surface area contributed by atoms with Crippen molar-refractivity contribution in [3.05, 3.63) is 75.0 Å². The molecule has 0 aliphatic rings. The molecular weight excluding hydrogens is 402 g/mol. The van der Waals surface area contributed by atoms with Crippen molar-refractivity contribution in [2.75, 3.05) is 0 Å². The zero-order valence-corrected chi connectivity index (χ0v) is 15.5. The van der Waals surface area contributed by atoms with Crippen molar-refractivity contribution >= 4 is 44.3 Å². The average Bonchev–Trinajstić information content (AvgIpc) is 3.32. The third-order valence-corrected chi connectivity index (χ3v) is 5.03. The predicted molar refractivity (Wildman–Crippen MR) is 101 cm³/mol. The summed E-state index contributed by atoms with van der Waals surface area (Å²) in [6.07, 6.45) is 1.73. The molecule has 25 heavy (non-hydrogen) atoms. The second kappa shape index (κ2) is 6.85. The molecule has 126 valence electrons. The van der Waals surface area contributed by atoms with Crippen molar-refractivity contribution in [2.45, 2.75) is 13.1 Å². The molecule has 0 radical (unpaired) electrons. The summed E-state index contributed by atoms with van der Waals surface area (Å²) in [5, 5.41) is 5.70. The molecule has 7 heteroatoms. The summed E-state index contributed by atoms with van der Waals surface area (Å²) >= 11 is 4.87. The maximum Gasteiger partial charge on any atom is 0.268 e. The topological polar surface area (TPSA) is 60.1 Å². The van der Waals surface area contributed by atoms with E-state index in [9.17, 15) is 4.79 Å². The summed E-state index contributed by atoms with van der Waals surface area (Å²) in [5.74, 6) is -0.145. The second-order valence-corrected chi connectivity index (χ2v) is 7.27. The van der Waals surface area contributed by atoms with Gasteiger partial charge in [-0.1, -0.05) is 30.3 Å². The first-order valence-electron chi connectivity index (χ1n) is 7.70. The molecule has 1 N–H and O–H groups in total. The minimum Gasteiger partial charge on any atom is -0.448 e. The number of hydrogen-bond donors (Lipinski definition) is 1. The van der Waals surface area contributed by atoms with Crippen LogP contribution in [0, 0.1) is 0 Å². The van der Waals surface area contributed by atoms with Gasteiger partial charge >= 0.3 is 0 Å². The Labute approximate surface area is 156 Å². The molecule has 3 aromatic heterocycles. The van der Waals surface area contributed by atoms with E-state index in [0.29, 0.717) is 29.0 Å². The Morgan fingerprint density at radius 1 is 1.28 bits per heavy atom. The van der Waals surface area contributed by atoms with Gasteiger partial charge in [-0.15, -0.1) is 11.3 Å². The molecule has 4 aromatic rings. The Balaban J connectivity index is 1.66. The van der Waals surface area contributed by atoms with Crippen LogP contribution in [0.3, 0.4) is 0 Å². The highest BCUT2D eigenvalue weighted by Crippen LogP contribution is 2.28. The molecule has 0 atom stereocenters. The average molecular weight is 416 g/mol. The van der Waals surface area contributed by atoms with Crippen molar-refractivity contribution in [1.82, 2.24) is 14.9 Å². The Morgan fingerprint density at radius 2 is 2.12 bits per heavy atom. The minimum atomic E-state index is -0.145. The number of fused-ring (bicyclic) bond motifs is 1. The van der Waals surface area contributed by atoms with Crippen LogP contribution in [-0.4, -0.2) is 15.5 Å². The van der Waals surface area contributed by atoms with E-state index in [-0.39, 0.29) is 5.91 Å². The molecule has 5 nitrogen and oxygen atoms in total. The van der Waals surface area contributed by atoms with Gasteiger partial charge in [-0.2, -0.15) is 0 Å². The van der Waals surface area contributed by atoms with Crippen molar-refractivity contribution < 1.29 is 9.21 Å². The van der Waals surface area contributed by atoms with Gasteiger partial charge < -0.3 is 14.3 Å². The highest BCUT2D eigenvalue weighted by Gasteiger charge is 2.19. The number of nitrogens with zero attached hydrogens (tertiary/aromatic N) is 2. The van der Waals surface area contributed by atoms with Crippen molar-refractivity contribution in [3.8, 4) is 0 Å². The molecule has 0 bridgehead atoms. The molecule has 0 spiro atoms. The predicted octanol–water partition coefficient (Wildman–Crippen LogP) is 4.43. The van der Waals surface area contributed by atoms with Crippen molar-refractivity contribution in [3.63, 3.8) is 0 Å². The lowest BCUT2D eigenvalue weighted by Gasteiger charge is -2.10. The smallest absolute Gasteiger partial charge is 0.268 e. The summed E-state index contributed by atoms with van der Waals surface area (Å²) in [6.45, 7) is 1.01.